The van der Waals surface area contributed by atoms with Gasteiger partial charge < -0.3 is 14.8 Å². The normalized spacial score (nSPS) is 15.7. The van der Waals surface area contributed by atoms with Crippen LogP contribution in [-0.4, -0.2) is 34.6 Å². The number of hydrogen-bond donors (Lipinski definition) is 1. The molecule has 1 aliphatic carbocycles. The highest BCUT2D eigenvalue weighted by atomic mass is 16.6. The van der Waals surface area contributed by atoms with Gasteiger partial charge in [0, 0.05) is 12.6 Å². The largest absolute Gasteiger partial charge is 0.464 e. The number of ether oxygens (including phenoxy) is 2. The van der Waals surface area contributed by atoms with Gasteiger partial charge in [-0.05, 0) is 69.4 Å². The molecule has 0 amide bonds. The summed E-state index contributed by atoms with van der Waals surface area (Å²) in [6.45, 7) is 8.09. The zero-order chi connectivity index (χ0) is 21.2. The molecule has 1 N–H and O–H groups in total. The third kappa shape index (κ3) is 4.79. The van der Waals surface area contributed by atoms with Gasteiger partial charge in [-0.15, -0.1) is 0 Å². The van der Waals surface area contributed by atoms with E-state index in [0.29, 0.717) is 12.1 Å². The summed E-state index contributed by atoms with van der Waals surface area (Å²) in [5, 5.41) is 3.49. The van der Waals surface area contributed by atoms with Crippen molar-refractivity contribution < 1.29 is 19.1 Å². The van der Waals surface area contributed by atoms with Crippen LogP contribution >= 0.6 is 0 Å². The van der Waals surface area contributed by atoms with Gasteiger partial charge in [0.15, 0.2) is 5.69 Å². The van der Waals surface area contributed by atoms with Crippen molar-refractivity contribution in [3.05, 3.63) is 58.2 Å². The Labute approximate surface area is 170 Å². The number of nitrogens with one attached hydrogen (secondary N) is 1. The number of esters is 2. The Morgan fingerprint density at radius 2 is 1.97 bits per heavy atom. The first-order chi connectivity index (χ1) is 13.7. The van der Waals surface area contributed by atoms with Gasteiger partial charge in [-0.25, -0.2) is 19.6 Å². The Morgan fingerprint density at radius 1 is 1.21 bits per heavy atom. The summed E-state index contributed by atoms with van der Waals surface area (Å²) >= 11 is 0. The molecule has 0 saturated carbocycles. The Hall–Kier alpha value is -2.80. The van der Waals surface area contributed by atoms with Crippen molar-refractivity contribution in [3.63, 3.8) is 0 Å². The van der Waals surface area contributed by atoms with Gasteiger partial charge in [0.05, 0.1) is 18.4 Å². The van der Waals surface area contributed by atoms with Gasteiger partial charge in [-0.1, -0.05) is 6.07 Å². The van der Waals surface area contributed by atoms with Gasteiger partial charge in [-0.2, -0.15) is 0 Å². The number of carbonyl (C=O) groups is 2. The standard InChI is InChI=1S/C22H27N3O4/c1-13-15-8-9-18(17(15)7-6-16(13)20(26)29-22(2,3)4)23-11-14-10-19(21(27)28-5)25-12-24-14/h6-7,10,12,18,23H,8-9,11H2,1-5H3/t18-/m0/s1. The van der Waals surface area contributed by atoms with Crippen molar-refractivity contribution in [2.45, 2.75) is 58.7 Å². The van der Waals surface area contributed by atoms with Crippen molar-refractivity contribution in [1.29, 1.82) is 0 Å². The Balaban J connectivity index is 1.73. The highest BCUT2D eigenvalue weighted by Crippen LogP contribution is 2.35. The van der Waals surface area contributed by atoms with Crippen LogP contribution < -0.4 is 5.32 Å². The van der Waals surface area contributed by atoms with Crippen molar-refractivity contribution in [1.82, 2.24) is 15.3 Å². The van der Waals surface area contributed by atoms with E-state index in [1.54, 1.807) is 6.07 Å². The minimum absolute atomic E-state index is 0.160. The van der Waals surface area contributed by atoms with Crippen LogP contribution in [0.5, 0.6) is 0 Å². The maximum Gasteiger partial charge on any atom is 0.356 e. The van der Waals surface area contributed by atoms with Crippen molar-refractivity contribution in [2.24, 2.45) is 0 Å². The van der Waals surface area contributed by atoms with Crippen LogP contribution in [-0.2, 0) is 22.4 Å². The summed E-state index contributed by atoms with van der Waals surface area (Å²) in [7, 11) is 1.33. The number of fused-ring (bicyclic) bond motifs is 1. The molecule has 1 atom stereocenters. The fourth-order valence-corrected chi connectivity index (χ4v) is 3.58. The molecule has 0 aliphatic heterocycles. The molecule has 29 heavy (non-hydrogen) atoms. The maximum atomic E-state index is 12.5. The molecule has 1 aromatic heterocycles. The molecular weight excluding hydrogens is 370 g/mol. The zero-order valence-corrected chi connectivity index (χ0v) is 17.5. The average molecular weight is 397 g/mol. The lowest BCUT2D eigenvalue weighted by Gasteiger charge is -2.21. The van der Waals surface area contributed by atoms with Crippen molar-refractivity contribution in [3.8, 4) is 0 Å². The predicted octanol–water partition coefficient (Wildman–Crippen LogP) is 3.30. The molecule has 2 aromatic rings. The highest BCUT2D eigenvalue weighted by Gasteiger charge is 2.27. The predicted molar refractivity (Wildman–Crippen MR) is 108 cm³/mol. The van der Waals surface area contributed by atoms with Crippen molar-refractivity contribution >= 4 is 11.9 Å². The summed E-state index contributed by atoms with van der Waals surface area (Å²) in [5.41, 5.74) is 4.43. The average Bonchev–Trinajstić information content (AvgIpc) is 3.08. The van der Waals surface area contributed by atoms with Crippen LogP contribution in [0.2, 0.25) is 0 Å². The van der Waals surface area contributed by atoms with Crippen molar-refractivity contribution in [2.75, 3.05) is 7.11 Å². The summed E-state index contributed by atoms with van der Waals surface area (Å²) in [6.07, 6.45) is 3.19. The third-order valence-corrected chi connectivity index (χ3v) is 4.96. The SMILES string of the molecule is COC(=O)c1cc(CN[C@H]2CCc3c2ccc(C(=O)OC(C)(C)C)c3C)ncn1. The van der Waals surface area contributed by atoms with E-state index in [1.807, 2.05) is 39.8 Å². The van der Waals surface area contributed by atoms with Crippen LogP contribution in [0, 0.1) is 6.92 Å². The second kappa shape index (κ2) is 8.29. The molecule has 0 radical (unpaired) electrons. The Bertz CT molecular complexity index is 934. The molecule has 7 heteroatoms. The minimum Gasteiger partial charge on any atom is -0.464 e. The summed E-state index contributed by atoms with van der Waals surface area (Å²) in [5.74, 6) is -0.768. The number of aromatic nitrogens is 2. The second-order valence-electron chi connectivity index (χ2n) is 8.17. The molecule has 0 spiro atoms. The quantitative estimate of drug-likeness (QED) is 0.774. The topological polar surface area (TPSA) is 90.4 Å². The Morgan fingerprint density at radius 3 is 2.66 bits per heavy atom. The van der Waals surface area contributed by atoms with E-state index < -0.39 is 11.6 Å². The molecule has 1 aliphatic rings. The van der Waals surface area contributed by atoms with Crippen LogP contribution in [0.3, 0.4) is 0 Å². The van der Waals surface area contributed by atoms with Gasteiger partial charge >= 0.3 is 11.9 Å². The van der Waals surface area contributed by atoms with E-state index in [-0.39, 0.29) is 17.7 Å². The molecule has 0 unspecified atom stereocenters. The van der Waals surface area contributed by atoms with Crippen LogP contribution in [0.1, 0.15) is 76.5 Å². The fourth-order valence-electron chi connectivity index (χ4n) is 3.58. The van der Waals surface area contributed by atoms with E-state index in [2.05, 4.69) is 15.3 Å². The van der Waals surface area contributed by atoms with E-state index in [1.165, 1.54) is 24.6 Å². The zero-order valence-electron chi connectivity index (χ0n) is 17.5. The number of methoxy groups -OCH3 is 1. The minimum atomic E-state index is -0.521. The number of nitrogens with zero attached hydrogens (tertiary/aromatic N) is 2. The first kappa shape index (κ1) is 20.9. The van der Waals surface area contributed by atoms with Gasteiger partial charge in [-0.3, -0.25) is 0 Å². The molecule has 1 heterocycles. The molecule has 3 rings (SSSR count). The number of benzene rings is 1. The maximum absolute atomic E-state index is 12.5. The van der Waals surface area contributed by atoms with Crippen LogP contribution in [0.15, 0.2) is 24.5 Å². The molecule has 0 bridgehead atoms. The first-order valence-electron chi connectivity index (χ1n) is 9.68. The monoisotopic (exact) mass is 397 g/mol. The smallest absolute Gasteiger partial charge is 0.356 e. The van der Waals surface area contributed by atoms with Gasteiger partial charge in [0.25, 0.3) is 0 Å². The molecular formula is C22H27N3O4. The van der Waals surface area contributed by atoms with Gasteiger partial charge in [0.2, 0.25) is 0 Å². The highest BCUT2D eigenvalue weighted by molar-refractivity contribution is 5.92. The van der Waals surface area contributed by atoms with Gasteiger partial charge in [0.1, 0.15) is 11.9 Å². The molecule has 1 aromatic carbocycles. The summed E-state index contributed by atoms with van der Waals surface area (Å²) < 4.78 is 10.2. The van der Waals surface area contributed by atoms with E-state index >= 15 is 0 Å². The van der Waals surface area contributed by atoms with Crippen LogP contribution in [0.25, 0.3) is 0 Å². The fraction of sp³-hybridized carbons (Fsp3) is 0.455. The summed E-state index contributed by atoms with van der Waals surface area (Å²) in [6, 6.07) is 5.65. The van der Waals surface area contributed by atoms with E-state index in [0.717, 1.165) is 24.1 Å². The van der Waals surface area contributed by atoms with E-state index in [4.69, 9.17) is 9.47 Å². The lowest BCUT2D eigenvalue weighted by Crippen LogP contribution is -2.24. The first-order valence-corrected chi connectivity index (χ1v) is 9.68. The molecule has 7 nitrogen and oxygen atoms in total. The third-order valence-electron chi connectivity index (χ3n) is 4.96. The Kier molecular flexibility index (Phi) is 5.98. The number of rotatable bonds is 5. The lowest BCUT2D eigenvalue weighted by molar-refractivity contribution is 0.00684. The number of carbonyl (C=O) groups excluding carboxylic acids is 2. The lowest BCUT2D eigenvalue weighted by atomic mass is 9.97. The second-order valence-corrected chi connectivity index (χ2v) is 8.17. The van der Waals surface area contributed by atoms with Crippen LogP contribution in [0.4, 0.5) is 0 Å². The molecule has 0 fully saturated rings. The molecule has 0 saturated heterocycles. The number of hydrogen-bond acceptors (Lipinski definition) is 7. The summed E-state index contributed by atoms with van der Waals surface area (Å²) in [4.78, 5) is 32.3. The van der Waals surface area contributed by atoms with E-state index in [9.17, 15) is 9.59 Å². The molecule has 154 valence electrons.